The maximum Gasteiger partial charge on any atom is 0.340 e. The van der Waals surface area contributed by atoms with Gasteiger partial charge in [0.05, 0.1) is 13.2 Å². The number of hydrogen-bond acceptors (Lipinski definition) is 5. The van der Waals surface area contributed by atoms with E-state index in [1.165, 1.54) is 45.6 Å². The number of ether oxygens (including phenoxy) is 1. The first-order chi connectivity index (χ1) is 14.6. The van der Waals surface area contributed by atoms with Crippen LogP contribution in [0.4, 0.5) is 0 Å². The summed E-state index contributed by atoms with van der Waals surface area (Å²) in [5.74, 6) is 2.34. The zero-order valence-electron chi connectivity index (χ0n) is 20.3. The lowest BCUT2D eigenvalue weighted by Crippen LogP contribution is -2.64. The minimum atomic E-state index is -1.76. The van der Waals surface area contributed by atoms with Crippen LogP contribution in [0.2, 0.25) is 0 Å². The second-order valence-electron chi connectivity index (χ2n) is 12.3. The predicted octanol–water partition coefficient (Wildman–Crippen LogP) is 3.91. The number of hydrogen-bond donors (Lipinski definition) is 3. The second kappa shape index (κ2) is 8.29. The number of nitrogens with one attached hydrogen (secondary N) is 1. The second-order valence-corrected chi connectivity index (χ2v) is 12.3. The summed E-state index contributed by atoms with van der Waals surface area (Å²) in [7, 11) is 1.31. The van der Waals surface area contributed by atoms with Crippen LogP contribution in [0.5, 0.6) is 0 Å². The summed E-state index contributed by atoms with van der Waals surface area (Å²) >= 11 is 0. The highest BCUT2D eigenvalue weighted by molar-refractivity contribution is 5.80. The molecule has 178 valence electrons. The Balaban J connectivity index is 1.54. The Bertz CT molecular complexity index is 682. The van der Waals surface area contributed by atoms with Crippen molar-refractivity contribution in [2.75, 3.05) is 13.7 Å². The average Bonchev–Trinajstić information content (AvgIpc) is 3.05. The molecule has 0 aliphatic heterocycles. The molecule has 0 spiro atoms. The highest BCUT2D eigenvalue weighted by atomic mass is 16.5. The van der Waals surface area contributed by atoms with Crippen LogP contribution in [-0.2, 0) is 9.53 Å². The molecule has 5 heteroatoms. The minimum absolute atomic E-state index is 0.116. The van der Waals surface area contributed by atoms with Gasteiger partial charge in [-0.2, -0.15) is 0 Å². The molecule has 0 amide bonds. The fourth-order valence-corrected chi connectivity index (χ4v) is 8.63. The molecule has 4 rings (SSSR count). The predicted molar refractivity (Wildman–Crippen MR) is 121 cm³/mol. The van der Waals surface area contributed by atoms with Gasteiger partial charge in [0.1, 0.15) is 0 Å². The van der Waals surface area contributed by atoms with Crippen LogP contribution in [0.15, 0.2) is 0 Å². The summed E-state index contributed by atoms with van der Waals surface area (Å²) in [6.45, 7) is 10.5. The molecule has 0 saturated heterocycles. The molecule has 4 saturated carbocycles. The fourth-order valence-electron chi connectivity index (χ4n) is 8.63. The quantitative estimate of drug-likeness (QED) is 0.571. The van der Waals surface area contributed by atoms with E-state index in [1.807, 2.05) is 0 Å². The molecule has 4 unspecified atom stereocenters. The molecule has 4 aliphatic rings. The van der Waals surface area contributed by atoms with Crippen molar-refractivity contribution in [2.45, 2.75) is 103 Å². The van der Waals surface area contributed by atoms with Gasteiger partial charge in [0.2, 0.25) is 0 Å². The van der Waals surface area contributed by atoms with Crippen molar-refractivity contribution in [3.05, 3.63) is 0 Å². The fraction of sp³-hybridized carbons (Fsp3) is 0.962. The molecule has 4 fully saturated rings. The number of carbonyl (C=O) groups excluding carboxylic acids is 1. The lowest BCUT2D eigenvalue weighted by atomic mass is 9.43. The number of methoxy groups -OCH3 is 1. The highest BCUT2D eigenvalue weighted by Gasteiger charge is 2.64. The molecule has 0 radical (unpaired) electrons. The van der Waals surface area contributed by atoms with E-state index < -0.39 is 17.7 Å². The Hall–Kier alpha value is -0.650. The van der Waals surface area contributed by atoms with Crippen LogP contribution < -0.4 is 5.32 Å². The first kappa shape index (κ1) is 23.5. The lowest BCUT2D eigenvalue weighted by molar-refractivity contribution is -0.215. The van der Waals surface area contributed by atoms with Crippen molar-refractivity contribution in [3.63, 3.8) is 0 Å². The van der Waals surface area contributed by atoms with Crippen molar-refractivity contribution in [1.29, 1.82) is 0 Å². The smallest absolute Gasteiger partial charge is 0.340 e. The van der Waals surface area contributed by atoms with Crippen LogP contribution in [0.25, 0.3) is 0 Å². The van der Waals surface area contributed by atoms with Crippen molar-refractivity contribution >= 4 is 5.97 Å². The van der Waals surface area contributed by atoms with Crippen molar-refractivity contribution < 1.29 is 19.7 Å². The van der Waals surface area contributed by atoms with Crippen molar-refractivity contribution in [3.8, 4) is 0 Å². The van der Waals surface area contributed by atoms with E-state index in [4.69, 9.17) is 4.74 Å². The maximum atomic E-state index is 12.5. The average molecular weight is 436 g/mol. The van der Waals surface area contributed by atoms with E-state index in [1.54, 1.807) is 0 Å². The van der Waals surface area contributed by atoms with Gasteiger partial charge in [0.15, 0.2) is 5.60 Å². The summed E-state index contributed by atoms with van der Waals surface area (Å²) in [6, 6.07) is 0.614. The van der Waals surface area contributed by atoms with E-state index in [9.17, 15) is 15.0 Å². The van der Waals surface area contributed by atoms with Gasteiger partial charge in [-0.3, -0.25) is 0 Å². The van der Waals surface area contributed by atoms with Gasteiger partial charge in [-0.25, -0.2) is 4.79 Å². The Kier molecular flexibility index (Phi) is 6.28. The standard InChI is InChI=1S/C26H45NO4/c1-16(2)11-13-27-21-9-8-19-18-7-6-17-14-22(28)26(30,23(29)31-5)15-25(17,4)20(18)10-12-24(19,21)3/h16-22,27-28,30H,6-15H2,1-5H3/t17?,18-,19-,20+,21?,22?,24-,25-,26?/m0/s1. The molecule has 0 bridgehead atoms. The van der Waals surface area contributed by atoms with E-state index in [2.05, 4.69) is 33.0 Å². The van der Waals surface area contributed by atoms with E-state index in [-0.39, 0.29) is 5.41 Å². The summed E-state index contributed by atoms with van der Waals surface area (Å²) in [6.07, 6.45) is 8.33. The van der Waals surface area contributed by atoms with Gasteiger partial charge in [0.25, 0.3) is 0 Å². The van der Waals surface area contributed by atoms with Crippen LogP contribution in [-0.4, -0.2) is 47.6 Å². The van der Waals surface area contributed by atoms with Crippen molar-refractivity contribution in [1.82, 2.24) is 5.32 Å². The number of esters is 1. The first-order valence-corrected chi connectivity index (χ1v) is 12.8. The van der Waals surface area contributed by atoms with Gasteiger partial charge >= 0.3 is 5.97 Å². The normalized spacial score (nSPS) is 49.3. The number of aliphatic hydroxyl groups excluding tert-OH is 1. The van der Waals surface area contributed by atoms with Gasteiger partial charge < -0.3 is 20.3 Å². The molecule has 5 nitrogen and oxygen atoms in total. The molecule has 3 N–H and O–H groups in total. The number of fused-ring (bicyclic) bond motifs is 5. The third-order valence-corrected chi connectivity index (χ3v) is 10.4. The van der Waals surface area contributed by atoms with E-state index >= 15 is 0 Å². The summed E-state index contributed by atoms with van der Waals surface area (Å²) in [5.41, 5.74) is -1.52. The molecule has 0 heterocycles. The van der Waals surface area contributed by atoms with Crippen LogP contribution in [0, 0.1) is 40.4 Å². The number of carbonyl (C=O) groups is 1. The van der Waals surface area contributed by atoms with Crippen LogP contribution in [0.1, 0.15) is 85.5 Å². The Labute approximate surface area is 188 Å². The topological polar surface area (TPSA) is 78.8 Å². The first-order valence-electron chi connectivity index (χ1n) is 12.8. The molecule has 0 aromatic heterocycles. The zero-order chi connectivity index (χ0) is 22.6. The molecular weight excluding hydrogens is 390 g/mol. The SMILES string of the molecule is COC(=O)C1(O)C[C@@]2(C)C(CC[C@@H]3[C@H]2CC[C@]2(C)C(NCCC(C)C)CC[C@@H]32)CC1O. The lowest BCUT2D eigenvalue weighted by Gasteiger charge is -2.62. The minimum Gasteiger partial charge on any atom is -0.467 e. The summed E-state index contributed by atoms with van der Waals surface area (Å²) in [5, 5.41) is 25.8. The Morgan fingerprint density at radius 3 is 2.48 bits per heavy atom. The monoisotopic (exact) mass is 435 g/mol. The van der Waals surface area contributed by atoms with Gasteiger partial charge in [0, 0.05) is 6.04 Å². The summed E-state index contributed by atoms with van der Waals surface area (Å²) in [4.78, 5) is 12.5. The molecule has 0 aromatic carbocycles. The van der Waals surface area contributed by atoms with Crippen LogP contribution in [0.3, 0.4) is 0 Å². The Morgan fingerprint density at radius 2 is 1.81 bits per heavy atom. The largest absolute Gasteiger partial charge is 0.467 e. The van der Waals surface area contributed by atoms with Gasteiger partial charge in [-0.05, 0) is 105 Å². The van der Waals surface area contributed by atoms with Gasteiger partial charge in [-0.15, -0.1) is 0 Å². The molecule has 31 heavy (non-hydrogen) atoms. The van der Waals surface area contributed by atoms with E-state index in [0.29, 0.717) is 42.1 Å². The summed E-state index contributed by atoms with van der Waals surface area (Å²) < 4.78 is 4.92. The van der Waals surface area contributed by atoms with Crippen LogP contribution >= 0.6 is 0 Å². The third kappa shape index (κ3) is 3.67. The number of rotatable bonds is 5. The molecule has 0 aromatic rings. The Morgan fingerprint density at radius 1 is 1.10 bits per heavy atom. The van der Waals surface area contributed by atoms with Gasteiger partial charge in [-0.1, -0.05) is 27.7 Å². The third-order valence-electron chi connectivity index (χ3n) is 10.4. The maximum absolute atomic E-state index is 12.5. The number of aliphatic hydroxyl groups is 2. The molecule has 9 atom stereocenters. The molecule has 4 aliphatic carbocycles. The van der Waals surface area contributed by atoms with E-state index in [0.717, 1.165) is 24.8 Å². The van der Waals surface area contributed by atoms with Crippen molar-refractivity contribution in [2.24, 2.45) is 40.4 Å². The molecular formula is C26H45NO4. The zero-order valence-corrected chi connectivity index (χ0v) is 20.3. The highest BCUT2D eigenvalue weighted by Crippen LogP contribution is 2.67.